The van der Waals surface area contributed by atoms with E-state index in [2.05, 4.69) is 22.0 Å². The molecule has 2 heterocycles. The maximum absolute atomic E-state index is 14.3. The molecule has 4 rings (SSSR count). The molecular weight excluding hydrogens is 648 g/mol. The molecule has 0 saturated heterocycles. The molecule has 0 aliphatic heterocycles. The van der Waals surface area contributed by atoms with Crippen LogP contribution in [-0.4, -0.2) is 56.6 Å². The Balaban J connectivity index is 1.72. The van der Waals surface area contributed by atoms with E-state index >= 15 is 0 Å². The van der Waals surface area contributed by atoms with Gasteiger partial charge in [-0.1, -0.05) is 48.8 Å². The van der Waals surface area contributed by atoms with Crippen LogP contribution in [0.4, 0.5) is 5.82 Å². The molecule has 0 atom stereocenters. The van der Waals surface area contributed by atoms with Gasteiger partial charge in [-0.25, -0.2) is 17.7 Å². The zero-order valence-corrected chi connectivity index (χ0v) is 30.2. The fourth-order valence-electron chi connectivity index (χ4n) is 5.27. The zero-order chi connectivity index (χ0) is 35.6. The highest BCUT2D eigenvalue weighted by atomic mass is 32.2. The molecule has 0 aliphatic rings. The van der Waals surface area contributed by atoms with Crippen molar-refractivity contribution < 1.29 is 36.7 Å². The molecule has 12 nitrogen and oxygen atoms in total. The lowest BCUT2D eigenvalue weighted by Crippen LogP contribution is -2.34. The average Bonchev–Trinajstić information content (AvgIpc) is 3.42. The number of benzene rings is 2. The van der Waals surface area contributed by atoms with Crippen molar-refractivity contribution in [2.75, 3.05) is 31.4 Å². The molecule has 0 N–H and O–H groups in total. The van der Waals surface area contributed by atoms with Crippen LogP contribution in [-0.2, 0) is 55.1 Å². The largest absolute Gasteiger partial charge is 0.472 e. The van der Waals surface area contributed by atoms with Gasteiger partial charge in [0, 0.05) is 42.5 Å². The highest BCUT2D eigenvalue weighted by molar-refractivity contribution is 7.93. The Labute approximate surface area is 288 Å². The summed E-state index contributed by atoms with van der Waals surface area (Å²) >= 11 is 0. The number of hydrogen-bond acceptors (Lipinski definition) is 11. The lowest BCUT2D eigenvalue weighted by Gasteiger charge is -2.23. The molecule has 0 fully saturated rings. The van der Waals surface area contributed by atoms with Crippen LogP contribution in [0.3, 0.4) is 0 Å². The van der Waals surface area contributed by atoms with Crippen LogP contribution >= 0.6 is 0 Å². The predicted octanol–water partition coefficient (Wildman–Crippen LogP) is 6.42. The van der Waals surface area contributed by atoms with Gasteiger partial charge in [-0.05, 0) is 69.9 Å². The van der Waals surface area contributed by atoms with Gasteiger partial charge in [0.15, 0.2) is 5.82 Å². The first-order valence-electron chi connectivity index (χ1n) is 16.4. The molecule has 264 valence electrons. The van der Waals surface area contributed by atoms with Crippen molar-refractivity contribution in [3.8, 4) is 17.0 Å². The maximum atomic E-state index is 14.3. The van der Waals surface area contributed by atoms with Gasteiger partial charge in [0.2, 0.25) is 5.88 Å². The highest BCUT2D eigenvalue weighted by Crippen LogP contribution is 2.35. The van der Waals surface area contributed by atoms with Crippen molar-refractivity contribution >= 4 is 21.8 Å². The van der Waals surface area contributed by atoms with Crippen LogP contribution in [0.15, 0.2) is 51.9 Å². The van der Waals surface area contributed by atoms with Crippen molar-refractivity contribution in [2.24, 2.45) is 0 Å². The summed E-state index contributed by atoms with van der Waals surface area (Å²) in [4.78, 5) is 21.8. The molecule has 2 aromatic heterocycles. The maximum Gasteiger partial charge on any atom is 0.310 e. The number of sulfonamides is 1. The van der Waals surface area contributed by atoms with Crippen LogP contribution in [0, 0.1) is 20.8 Å². The molecule has 13 heteroatoms. The SMILES string of the molecule is CCCCc1nc(C)c(CC(=O)OCC)c(OCc2ccc(-c3ccccc3S(=O)(=O)N(COC)c3noc(C)c3C)c(COCC)c2)n1. The molecule has 0 unspecified atom stereocenters. The van der Waals surface area contributed by atoms with Crippen molar-refractivity contribution in [2.45, 2.75) is 85.3 Å². The van der Waals surface area contributed by atoms with Crippen LogP contribution in [0.5, 0.6) is 5.88 Å². The van der Waals surface area contributed by atoms with E-state index in [0.29, 0.717) is 58.4 Å². The van der Waals surface area contributed by atoms with E-state index in [9.17, 15) is 13.2 Å². The summed E-state index contributed by atoms with van der Waals surface area (Å²) in [7, 11) is -2.74. The minimum absolute atomic E-state index is 0.00360. The fraction of sp³-hybridized carbons (Fsp3) is 0.444. The van der Waals surface area contributed by atoms with E-state index in [1.54, 1.807) is 45.0 Å². The first kappa shape index (κ1) is 37.5. The van der Waals surface area contributed by atoms with Crippen LogP contribution < -0.4 is 9.04 Å². The van der Waals surface area contributed by atoms with Crippen LogP contribution in [0.2, 0.25) is 0 Å². The summed E-state index contributed by atoms with van der Waals surface area (Å²) in [5.41, 5.74) is 4.61. The minimum atomic E-state index is -4.16. The van der Waals surface area contributed by atoms with E-state index in [-0.39, 0.29) is 49.7 Å². The Bertz CT molecular complexity index is 1840. The molecule has 0 saturated carbocycles. The quantitative estimate of drug-likeness (QED) is 0.0841. The number of anilines is 1. The summed E-state index contributed by atoms with van der Waals surface area (Å²) < 4.78 is 57.5. The summed E-state index contributed by atoms with van der Waals surface area (Å²) in [6.45, 7) is 11.9. The Hall–Kier alpha value is -4.33. The van der Waals surface area contributed by atoms with Crippen molar-refractivity contribution in [3.05, 3.63) is 82.0 Å². The fourth-order valence-corrected chi connectivity index (χ4v) is 6.85. The van der Waals surface area contributed by atoms with Crippen LogP contribution in [0.1, 0.15) is 73.1 Å². The molecule has 4 aromatic rings. The Morgan fingerprint density at radius 1 is 0.959 bits per heavy atom. The third-order valence-corrected chi connectivity index (χ3v) is 9.74. The van der Waals surface area contributed by atoms with Gasteiger partial charge in [0.25, 0.3) is 10.0 Å². The monoisotopic (exact) mass is 694 g/mol. The van der Waals surface area contributed by atoms with Gasteiger partial charge in [0.1, 0.15) is 24.9 Å². The standard InChI is InChI=1S/C36H46N4O8S/c1-8-11-16-33-37-25(5)31(20-34(41)46-10-3)36(38-33)47-21-27-17-18-29(28(19-27)22-45-9-2)30-14-12-13-15-32(30)49(42,43)40(23-44-7)35-24(4)26(6)48-39-35/h12-15,17-19H,8-11,16,20-23H2,1-7H3. The molecule has 0 spiro atoms. The van der Waals surface area contributed by atoms with Gasteiger partial charge in [0.05, 0.1) is 24.5 Å². The van der Waals surface area contributed by atoms with Gasteiger partial charge in [-0.2, -0.15) is 4.98 Å². The topological polar surface area (TPSA) is 143 Å². The van der Waals surface area contributed by atoms with Gasteiger partial charge < -0.3 is 23.5 Å². The van der Waals surface area contributed by atoms with Crippen molar-refractivity contribution in [1.29, 1.82) is 0 Å². The molecule has 2 aromatic carbocycles. The zero-order valence-electron chi connectivity index (χ0n) is 29.4. The van der Waals surface area contributed by atoms with E-state index in [0.717, 1.165) is 28.3 Å². The van der Waals surface area contributed by atoms with Gasteiger partial charge in [-0.15, -0.1) is 0 Å². The van der Waals surface area contributed by atoms with Crippen molar-refractivity contribution in [3.63, 3.8) is 0 Å². The normalized spacial score (nSPS) is 11.5. The van der Waals surface area contributed by atoms with E-state index in [1.165, 1.54) is 7.11 Å². The van der Waals surface area contributed by atoms with E-state index in [4.69, 9.17) is 23.5 Å². The van der Waals surface area contributed by atoms with E-state index in [1.807, 2.05) is 32.0 Å². The first-order chi connectivity index (χ1) is 23.5. The number of carbonyl (C=O) groups excluding carboxylic acids is 1. The van der Waals surface area contributed by atoms with Crippen LogP contribution in [0.25, 0.3) is 11.1 Å². The number of hydrogen-bond donors (Lipinski definition) is 0. The highest BCUT2D eigenvalue weighted by Gasteiger charge is 2.32. The minimum Gasteiger partial charge on any atom is -0.472 e. The third-order valence-electron chi connectivity index (χ3n) is 7.97. The average molecular weight is 695 g/mol. The molecule has 0 bridgehead atoms. The number of aryl methyl sites for hydroxylation is 3. The number of aromatic nitrogens is 3. The lowest BCUT2D eigenvalue weighted by molar-refractivity contribution is -0.142. The predicted molar refractivity (Wildman–Crippen MR) is 185 cm³/mol. The van der Waals surface area contributed by atoms with Gasteiger partial charge in [-0.3, -0.25) is 4.79 Å². The number of unbranched alkanes of at least 4 members (excludes halogenated alkanes) is 1. The molecule has 49 heavy (non-hydrogen) atoms. The smallest absolute Gasteiger partial charge is 0.310 e. The second kappa shape index (κ2) is 17.4. The number of esters is 1. The number of carbonyl (C=O) groups is 1. The Morgan fingerprint density at radius 3 is 2.41 bits per heavy atom. The summed E-state index contributed by atoms with van der Waals surface area (Å²) in [5.74, 6) is 1.30. The number of nitrogens with zero attached hydrogens (tertiary/aromatic N) is 4. The molecular formula is C36H46N4O8S. The number of rotatable bonds is 18. The van der Waals surface area contributed by atoms with Crippen molar-refractivity contribution in [1.82, 2.24) is 15.1 Å². The first-order valence-corrected chi connectivity index (χ1v) is 17.9. The lowest BCUT2D eigenvalue weighted by atomic mass is 9.98. The summed E-state index contributed by atoms with van der Waals surface area (Å²) in [6.07, 6.45) is 2.61. The Morgan fingerprint density at radius 2 is 1.73 bits per heavy atom. The summed E-state index contributed by atoms with van der Waals surface area (Å²) in [6, 6.07) is 12.5. The number of methoxy groups -OCH3 is 1. The Kier molecular flexibility index (Phi) is 13.3. The van der Waals surface area contributed by atoms with Gasteiger partial charge >= 0.3 is 5.97 Å². The second-order valence-electron chi connectivity index (χ2n) is 11.5. The molecule has 0 aliphatic carbocycles. The molecule has 0 amide bonds. The third kappa shape index (κ3) is 9.02. The summed E-state index contributed by atoms with van der Waals surface area (Å²) in [5, 5.41) is 4.02. The number of ether oxygens (including phenoxy) is 4. The van der Waals surface area contributed by atoms with E-state index < -0.39 is 10.0 Å². The molecule has 0 radical (unpaired) electrons. The second-order valence-corrected chi connectivity index (χ2v) is 13.3.